The topological polar surface area (TPSA) is 70.8 Å². The van der Waals surface area contributed by atoms with Crippen molar-refractivity contribution in [3.8, 4) is 11.5 Å². The minimum absolute atomic E-state index is 0. The standard InChI is InChI=1S/C29H34N2O2.2Na/c1-18(2)23-15-24(19(3)4)29(31-17-22-12-8-10-14-26(22)33)27(20(5)6)28(23)30-16-21-11-7-9-13-25(21)32;;/h7-20,32-33H,1-6H3;;/q;2*+1/p-2. The zero-order valence-corrected chi connectivity index (χ0v) is 26.3. The van der Waals surface area contributed by atoms with Gasteiger partial charge in [-0.3, -0.25) is 9.98 Å². The van der Waals surface area contributed by atoms with Crippen molar-refractivity contribution < 1.29 is 69.3 Å². The molecule has 6 heteroatoms. The second kappa shape index (κ2) is 14.4. The van der Waals surface area contributed by atoms with E-state index in [-0.39, 0.29) is 88.4 Å². The van der Waals surface area contributed by atoms with Crippen molar-refractivity contribution in [3.63, 3.8) is 0 Å². The fourth-order valence-electron chi connectivity index (χ4n) is 3.89. The van der Waals surface area contributed by atoms with Gasteiger partial charge in [-0.2, -0.15) is 0 Å². The molecule has 0 aliphatic heterocycles. The Balaban J connectivity index is 0.00000306. The van der Waals surface area contributed by atoms with Crippen molar-refractivity contribution in [2.75, 3.05) is 0 Å². The van der Waals surface area contributed by atoms with Gasteiger partial charge < -0.3 is 10.2 Å². The van der Waals surface area contributed by atoms with E-state index in [0.29, 0.717) is 11.1 Å². The number of para-hydroxylation sites is 2. The van der Waals surface area contributed by atoms with Crippen LogP contribution in [0, 0.1) is 0 Å². The molecule has 0 fully saturated rings. The molecular formula is C29H32N2Na2O2. The summed E-state index contributed by atoms with van der Waals surface area (Å²) in [7, 11) is 0. The molecule has 0 radical (unpaired) electrons. The Morgan fingerprint density at radius 2 is 0.971 bits per heavy atom. The Morgan fingerprint density at radius 3 is 1.29 bits per heavy atom. The van der Waals surface area contributed by atoms with E-state index in [1.807, 2.05) is 12.1 Å². The normalized spacial score (nSPS) is 11.5. The first-order valence-electron chi connectivity index (χ1n) is 11.5. The Bertz CT molecular complexity index is 1100. The molecule has 3 aromatic rings. The van der Waals surface area contributed by atoms with Gasteiger partial charge in [0.15, 0.2) is 0 Å². The quantitative estimate of drug-likeness (QED) is 0.365. The summed E-state index contributed by atoms with van der Waals surface area (Å²) in [5, 5.41) is 24.5. The second-order valence-electron chi connectivity index (χ2n) is 9.22. The molecule has 0 bridgehead atoms. The third-order valence-corrected chi connectivity index (χ3v) is 5.69. The van der Waals surface area contributed by atoms with Gasteiger partial charge in [-0.25, -0.2) is 0 Å². The summed E-state index contributed by atoms with van der Waals surface area (Å²) in [6.45, 7) is 12.9. The van der Waals surface area contributed by atoms with Gasteiger partial charge in [-0.05, 0) is 40.0 Å². The number of benzene rings is 3. The zero-order valence-electron chi connectivity index (χ0n) is 22.3. The van der Waals surface area contributed by atoms with Crippen molar-refractivity contribution in [1.82, 2.24) is 0 Å². The van der Waals surface area contributed by atoms with Gasteiger partial charge in [0.05, 0.1) is 11.4 Å². The number of hydrogen-bond donors (Lipinski definition) is 0. The van der Waals surface area contributed by atoms with E-state index in [0.717, 1.165) is 28.1 Å². The number of hydrogen-bond acceptors (Lipinski definition) is 4. The smallest absolute Gasteiger partial charge is 0.872 e. The van der Waals surface area contributed by atoms with Gasteiger partial charge >= 0.3 is 59.1 Å². The van der Waals surface area contributed by atoms with Crippen LogP contribution >= 0.6 is 0 Å². The maximum atomic E-state index is 12.2. The summed E-state index contributed by atoms with van der Waals surface area (Å²) < 4.78 is 0. The van der Waals surface area contributed by atoms with Crippen LogP contribution in [0.25, 0.3) is 0 Å². The van der Waals surface area contributed by atoms with Crippen molar-refractivity contribution in [1.29, 1.82) is 0 Å². The number of aliphatic imine (C=N–C) groups is 2. The van der Waals surface area contributed by atoms with Crippen LogP contribution in [0.5, 0.6) is 11.5 Å². The van der Waals surface area contributed by atoms with Crippen LogP contribution in [0.4, 0.5) is 11.4 Å². The van der Waals surface area contributed by atoms with Crippen molar-refractivity contribution >= 4 is 23.8 Å². The van der Waals surface area contributed by atoms with Crippen LogP contribution in [0.3, 0.4) is 0 Å². The minimum atomic E-state index is -0.0532. The van der Waals surface area contributed by atoms with Crippen molar-refractivity contribution in [3.05, 3.63) is 82.4 Å². The first-order chi connectivity index (χ1) is 15.7. The van der Waals surface area contributed by atoms with Crippen LogP contribution in [0.2, 0.25) is 0 Å². The van der Waals surface area contributed by atoms with Crippen LogP contribution in [-0.2, 0) is 0 Å². The third-order valence-electron chi connectivity index (χ3n) is 5.69. The molecule has 0 aliphatic carbocycles. The Hall–Kier alpha value is -1.40. The molecule has 0 saturated heterocycles. The van der Waals surface area contributed by atoms with E-state index < -0.39 is 0 Å². The van der Waals surface area contributed by atoms with Crippen LogP contribution in [-0.4, -0.2) is 12.4 Å². The summed E-state index contributed by atoms with van der Waals surface area (Å²) in [6, 6.07) is 16.0. The summed E-state index contributed by atoms with van der Waals surface area (Å²) in [4.78, 5) is 9.71. The van der Waals surface area contributed by atoms with Gasteiger partial charge in [0.2, 0.25) is 0 Å². The van der Waals surface area contributed by atoms with Gasteiger partial charge in [0, 0.05) is 18.0 Å². The third kappa shape index (κ3) is 7.79. The molecule has 0 N–H and O–H groups in total. The SMILES string of the molecule is CC(C)c1cc(C(C)C)c(N=Cc2ccccc2[O-])c(C(C)C)c1N=Cc1ccccc1[O-].[Na+].[Na+]. The van der Waals surface area contributed by atoms with E-state index >= 15 is 0 Å². The summed E-state index contributed by atoms with van der Waals surface area (Å²) in [5.41, 5.74) is 6.12. The molecule has 0 saturated carbocycles. The largest absolute Gasteiger partial charge is 1.00 e. The number of rotatable bonds is 7. The molecule has 0 atom stereocenters. The van der Waals surface area contributed by atoms with Crippen LogP contribution in [0.15, 0.2) is 64.6 Å². The Labute approximate surface area is 254 Å². The van der Waals surface area contributed by atoms with Crippen LogP contribution < -0.4 is 69.3 Å². The Morgan fingerprint density at radius 1 is 0.600 bits per heavy atom. The molecule has 0 heterocycles. The van der Waals surface area contributed by atoms with Crippen molar-refractivity contribution in [2.45, 2.75) is 59.3 Å². The molecule has 172 valence electrons. The first-order valence-corrected chi connectivity index (χ1v) is 11.5. The molecular weight excluding hydrogens is 454 g/mol. The fourth-order valence-corrected chi connectivity index (χ4v) is 3.89. The molecule has 4 nitrogen and oxygen atoms in total. The molecule has 0 spiro atoms. The molecule has 0 unspecified atom stereocenters. The zero-order chi connectivity index (χ0) is 24.1. The molecule has 3 aromatic carbocycles. The van der Waals surface area contributed by atoms with E-state index in [2.05, 4.69) is 47.6 Å². The molecule has 0 aromatic heterocycles. The monoisotopic (exact) mass is 486 g/mol. The predicted molar refractivity (Wildman–Crippen MR) is 135 cm³/mol. The van der Waals surface area contributed by atoms with Gasteiger partial charge in [-0.1, -0.05) is 96.1 Å². The molecule has 0 amide bonds. The van der Waals surface area contributed by atoms with E-state index in [4.69, 9.17) is 9.98 Å². The average Bonchev–Trinajstić information content (AvgIpc) is 2.76. The maximum Gasteiger partial charge on any atom is 1.00 e. The second-order valence-corrected chi connectivity index (χ2v) is 9.22. The van der Waals surface area contributed by atoms with Gasteiger partial charge in [0.25, 0.3) is 0 Å². The van der Waals surface area contributed by atoms with E-state index in [9.17, 15) is 10.2 Å². The number of nitrogens with zero attached hydrogens (tertiary/aromatic N) is 2. The average molecular weight is 487 g/mol. The molecule has 0 aliphatic rings. The van der Waals surface area contributed by atoms with Crippen molar-refractivity contribution in [2.24, 2.45) is 9.98 Å². The predicted octanol–water partition coefficient (Wildman–Crippen LogP) is 0.713. The summed E-state index contributed by atoms with van der Waals surface area (Å²) >= 11 is 0. The first kappa shape index (κ1) is 31.6. The summed E-state index contributed by atoms with van der Waals surface area (Å²) in [5.74, 6) is 0.528. The summed E-state index contributed by atoms with van der Waals surface area (Å²) in [6.07, 6.45) is 3.32. The van der Waals surface area contributed by atoms with Gasteiger partial charge in [-0.15, -0.1) is 11.5 Å². The molecule has 35 heavy (non-hydrogen) atoms. The fraction of sp³-hybridized carbons (Fsp3) is 0.310. The van der Waals surface area contributed by atoms with Crippen LogP contribution in [0.1, 0.15) is 87.1 Å². The molecule has 3 rings (SSSR count). The van der Waals surface area contributed by atoms with Gasteiger partial charge in [0.1, 0.15) is 0 Å². The Kier molecular flexibility index (Phi) is 13.0. The van der Waals surface area contributed by atoms with E-state index in [1.165, 1.54) is 0 Å². The van der Waals surface area contributed by atoms with E-state index in [1.54, 1.807) is 48.8 Å². The minimum Gasteiger partial charge on any atom is -0.872 e. The maximum absolute atomic E-state index is 12.2.